The lowest BCUT2D eigenvalue weighted by molar-refractivity contribution is -0.153. The van der Waals surface area contributed by atoms with Gasteiger partial charge in [-0.2, -0.15) is 0 Å². The van der Waals surface area contributed by atoms with E-state index in [0.717, 1.165) is 19.3 Å². The third-order valence-corrected chi connectivity index (χ3v) is 7.76. The predicted molar refractivity (Wildman–Crippen MR) is 163 cm³/mol. The number of aromatic nitrogens is 1. The first-order valence-electron chi connectivity index (χ1n) is 15.0. The Morgan fingerprint density at radius 3 is 2.57 bits per heavy atom. The highest BCUT2D eigenvalue weighted by atomic mass is 32.2. The molecule has 0 aromatic carbocycles. The number of unbranched alkanes of at least 4 members (excludes halogenated alkanes) is 4. The Hall–Kier alpha value is -3.21. The average Bonchev–Trinajstić information content (AvgIpc) is 2.96. The molecule has 1 unspecified atom stereocenters. The van der Waals surface area contributed by atoms with Gasteiger partial charge in [-0.25, -0.2) is 9.78 Å². The monoisotopic (exact) mass is 602 g/mol. The van der Waals surface area contributed by atoms with Crippen LogP contribution in [0.1, 0.15) is 102 Å². The number of rotatable bonds is 12. The van der Waals surface area contributed by atoms with Crippen molar-refractivity contribution < 1.29 is 28.7 Å². The van der Waals surface area contributed by atoms with Gasteiger partial charge in [-0.05, 0) is 43.4 Å². The van der Waals surface area contributed by atoms with Crippen LogP contribution in [0.15, 0.2) is 30.4 Å². The van der Waals surface area contributed by atoms with Crippen molar-refractivity contribution in [1.29, 1.82) is 0 Å². The van der Waals surface area contributed by atoms with Crippen molar-refractivity contribution in [3.05, 3.63) is 41.7 Å². The van der Waals surface area contributed by atoms with E-state index in [9.17, 15) is 24.0 Å². The zero-order valence-electron chi connectivity index (χ0n) is 25.3. The van der Waals surface area contributed by atoms with Crippen LogP contribution in [0.3, 0.4) is 0 Å². The number of carbonyl (C=O) groups is 5. The van der Waals surface area contributed by atoms with E-state index < -0.39 is 36.0 Å². The van der Waals surface area contributed by atoms with Gasteiger partial charge in [-0.1, -0.05) is 77.3 Å². The number of cyclic esters (lactones) is 1. The van der Waals surface area contributed by atoms with Gasteiger partial charge in [-0.15, -0.1) is 0 Å². The number of amides is 3. The molecule has 0 spiro atoms. The Bertz CT molecular complexity index is 1090. The first-order chi connectivity index (χ1) is 20.1. The lowest BCUT2D eigenvalue weighted by Crippen LogP contribution is -2.53. The van der Waals surface area contributed by atoms with E-state index in [4.69, 9.17) is 4.74 Å². The molecule has 1 aromatic heterocycles. The van der Waals surface area contributed by atoms with Crippen molar-refractivity contribution in [1.82, 2.24) is 20.9 Å². The Balaban J connectivity index is 2.12. The number of allylic oxidation sites excluding steroid dienone is 1. The van der Waals surface area contributed by atoms with Gasteiger partial charge in [0.25, 0.3) is 5.91 Å². The van der Waals surface area contributed by atoms with E-state index in [1.54, 1.807) is 39.0 Å². The van der Waals surface area contributed by atoms with Gasteiger partial charge in [-0.3, -0.25) is 19.2 Å². The number of esters is 1. The minimum atomic E-state index is -0.984. The summed E-state index contributed by atoms with van der Waals surface area (Å²) in [5.41, 5.74) is 0.588. The average molecular weight is 603 g/mol. The number of pyridine rings is 1. The topological polar surface area (TPSA) is 144 Å². The van der Waals surface area contributed by atoms with Crippen LogP contribution in [0, 0.1) is 5.92 Å². The van der Waals surface area contributed by atoms with Gasteiger partial charge in [0.1, 0.15) is 23.9 Å². The van der Waals surface area contributed by atoms with Crippen molar-refractivity contribution in [2.24, 2.45) is 5.92 Å². The quantitative estimate of drug-likeness (QED) is 0.183. The first-order valence-corrected chi connectivity index (χ1v) is 16.0. The van der Waals surface area contributed by atoms with Crippen LogP contribution in [0.25, 0.3) is 0 Å². The number of carbonyl (C=O) groups excluding carboxylic acids is 5. The van der Waals surface area contributed by atoms with Crippen molar-refractivity contribution in [3.63, 3.8) is 0 Å². The van der Waals surface area contributed by atoms with E-state index >= 15 is 0 Å². The van der Waals surface area contributed by atoms with Crippen molar-refractivity contribution in [3.8, 4) is 0 Å². The number of nitrogens with zero attached hydrogens (tertiary/aromatic N) is 1. The summed E-state index contributed by atoms with van der Waals surface area (Å²) in [5.74, 6) is -1.80. The van der Waals surface area contributed by atoms with Crippen LogP contribution in [0.5, 0.6) is 0 Å². The summed E-state index contributed by atoms with van der Waals surface area (Å²) in [7, 11) is 0. The maximum atomic E-state index is 13.2. The molecule has 3 atom stereocenters. The smallest absolute Gasteiger partial charge is 0.329 e. The maximum Gasteiger partial charge on any atom is 0.329 e. The molecule has 0 radical (unpaired) electrons. The fourth-order valence-electron chi connectivity index (χ4n) is 4.29. The maximum absolute atomic E-state index is 13.2. The molecule has 1 aromatic rings. The molecule has 2 rings (SSSR count). The lowest BCUT2D eigenvalue weighted by atomic mass is 10.0. The molecule has 2 bridgehead atoms. The molecule has 1 aliphatic heterocycles. The standard InChI is InChI=1S/C31H46N4O6S/c1-5-7-8-9-10-17-27(37)42-18-12-11-15-23-19-26(36)32-20-22-14-13-16-25(33-22)30(39)34-24(6-2)29(38)35-28(21(3)4)31(40)41-23/h11,13-16,21,23-24,28H,5-10,12,17-20H2,1-4H3,(H,32,36)(H,34,39)(H,35,38)/b15-11+/t23-,24?,28+/m1/s1. The second-order valence-corrected chi connectivity index (χ2v) is 11.9. The van der Waals surface area contributed by atoms with Gasteiger partial charge >= 0.3 is 5.97 Å². The normalized spacial score (nSPS) is 20.6. The molecule has 10 nitrogen and oxygen atoms in total. The third-order valence-electron chi connectivity index (χ3n) is 6.79. The summed E-state index contributed by atoms with van der Waals surface area (Å²) in [5, 5.41) is 8.32. The molecule has 3 amide bonds. The second kappa shape index (κ2) is 19.1. The number of hydrogen-bond acceptors (Lipinski definition) is 8. The minimum Gasteiger partial charge on any atom is -0.456 e. The van der Waals surface area contributed by atoms with E-state index in [1.165, 1.54) is 30.7 Å². The Labute approximate surface area is 253 Å². The summed E-state index contributed by atoms with van der Waals surface area (Å²) in [4.78, 5) is 68.3. The largest absolute Gasteiger partial charge is 0.456 e. The molecular weight excluding hydrogens is 556 g/mol. The summed E-state index contributed by atoms with van der Waals surface area (Å²) in [6, 6.07) is 3.01. The molecule has 1 aliphatic rings. The van der Waals surface area contributed by atoms with Crippen molar-refractivity contribution >= 4 is 40.6 Å². The zero-order chi connectivity index (χ0) is 30.9. The molecule has 0 saturated carbocycles. The number of thioether (sulfide) groups is 1. The Kier molecular flexibility index (Phi) is 15.9. The minimum absolute atomic E-state index is 0.0772. The summed E-state index contributed by atoms with van der Waals surface area (Å²) in [6.07, 6.45) is 9.41. The zero-order valence-corrected chi connectivity index (χ0v) is 26.1. The number of hydrogen-bond donors (Lipinski definition) is 3. The summed E-state index contributed by atoms with van der Waals surface area (Å²) < 4.78 is 5.71. The lowest BCUT2D eigenvalue weighted by Gasteiger charge is -2.26. The molecule has 232 valence electrons. The van der Waals surface area contributed by atoms with Gasteiger partial charge in [0.15, 0.2) is 5.12 Å². The molecule has 0 saturated heterocycles. The Morgan fingerprint density at radius 2 is 1.86 bits per heavy atom. The molecule has 2 heterocycles. The van der Waals surface area contributed by atoms with Crippen LogP contribution >= 0.6 is 11.8 Å². The molecule has 0 aliphatic carbocycles. The fourth-order valence-corrected chi connectivity index (χ4v) is 5.06. The van der Waals surface area contributed by atoms with Gasteiger partial charge in [0.2, 0.25) is 11.8 Å². The van der Waals surface area contributed by atoms with Gasteiger partial charge < -0.3 is 20.7 Å². The number of nitrogens with one attached hydrogen (secondary N) is 3. The first kappa shape index (κ1) is 35.0. The van der Waals surface area contributed by atoms with Gasteiger partial charge in [0.05, 0.1) is 18.7 Å². The van der Waals surface area contributed by atoms with Crippen LogP contribution in [-0.4, -0.2) is 57.7 Å². The van der Waals surface area contributed by atoms with E-state index in [0.29, 0.717) is 30.7 Å². The number of fused-ring (bicyclic) bond motifs is 2. The van der Waals surface area contributed by atoms with Crippen LogP contribution in [0.2, 0.25) is 0 Å². The highest BCUT2D eigenvalue weighted by Crippen LogP contribution is 2.15. The second-order valence-electron chi connectivity index (χ2n) is 10.7. The van der Waals surface area contributed by atoms with Crippen molar-refractivity contribution in [2.75, 3.05) is 5.75 Å². The third kappa shape index (κ3) is 12.8. The highest BCUT2D eigenvalue weighted by molar-refractivity contribution is 8.13. The number of ether oxygens (including phenoxy) is 1. The van der Waals surface area contributed by atoms with Gasteiger partial charge in [0, 0.05) is 12.2 Å². The van der Waals surface area contributed by atoms with Crippen LogP contribution < -0.4 is 16.0 Å². The van der Waals surface area contributed by atoms with E-state index in [2.05, 4.69) is 27.9 Å². The highest BCUT2D eigenvalue weighted by Gasteiger charge is 2.31. The molecule has 0 fully saturated rings. The Morgan fingerprint density at radius 1 is 1.10 bits per heavy atom. The summed E-state index contributed by atoms with van der Waals surface area (Å²) in [6.45, 7) is 7.54. The molecule has 42 heavy (non-hydrogen) atoms. The van der Waals surface area contributed by atoms with E-state index in [-0.39, 0.29) is 35.6 Å². The molecule has 3 N–H and O–H groups in total. The SMILES string of the molecule is CCCCCCCC(=O)SCC/C=C/[C@@H]1CC(=O)NCc2cccc(n2)C(=O)NC(CC)C(=O)N[C@@H](C(C)C)C(=O)O1. The molecular formula is C31H46N4O6S. The molecule has 11 heteroatoms. The predicted octanol–water partition coefficient (Wildman–Crippen LogP) is 4.23. The van der Waals surface area contributed by atoms with Crippen molar-refractivity contribution in [2.45, 2.75) is 110 Å². The fraction of sp³-hybridized carbons (Fsp3) is 0.613. The van der Waals surface area contributed by atoms with Crippen LogP contribution in [-0.2, 0) is 30.5 Å². The van der Waals surface area contributed by atoms with Crippen LogP contribution in [0.4, 0.5) is 0 Å². The summed E-state index contributed by atoms with van der Waals surface area (Å²) >= 11 is 1.29. The van der Waals surface area contributed by atoms with E-state index in [1.807, 2.05) is 6.08 Å².